The molecule has 0 unspecified atom stereocenters. The Balaban J connectivity index is 1.64. The molecule has 4 rings (SSSR count). The number of hydrogen-bond acceptors (Lipinski definition) is 5. The van der Waals surface area contributed by atoms with E-state index in [0.29, 0.717) is 42.3 Å². The van der Waals surface area contributed by atoms with Crippen LogP contribution in [0.1, 0.15) is 21.7 Å². The first-order chi connectivity index (χ1) is 13.2. The van der Waals surface area contributed by atoms with E-state index in [0.717, 1.165) is 16.9 Å². The first kappa shape index (κ1) is 17.1. The van der Waals surface area contributed by atoms with E-state index in [1.165, 1.54) is 0 Å². The van der Waals surface area contributed by atoms with E-state index in [1.807, 2.05) is 53.4 Å². The van der Waals surface area contributed by atoms with Crippen LogP contribution < -0.4 is 9.47 Å². The third-order valence-electron chi connectivity index (χ3n) is 4.77. The minimum absolute atomic E-state index is 0.0748. The maximum Gasteiger partial charge on any atom is 0.260 e. The van der Waals surface area contributed by atoms with Gasteiger partial charge in [0.2, 0.25) is 0 Å². The van der Waals surface area contributed by atoms with Gasteiger partial charge in [0.15, 0.2) is 5.76 Å². The molecule has 0 fully saturated rings. The Morgan fingerprint density at radius 2 is 1.85 bits per heavy atom. The van der Waals surface area contributed by atoms with Gasteiger partial charge in [0.1, 0.15) is 22.8 Å². The Hall–Kier alpha value is -3.28. The molecule has 0 radical (unpaired) electrons. The number of rotatable bonds is 5. The third-order valence-corrected chi connectivity index (χ3v) is 4.77. The van der Waals surface area contributed by atoms with Crippen LogP contribution >= 0.6 is 0 Å². The summed E-state index contributed by atoms with van der Waals surface area (Å²) < 4.78 is 16.1. The molecular weight excluding hydrogens is 344 g/mol. The topological polar surface area (TPSA) is 64.8 Å². The smallest absolute Gasteiger partial charge is 0.260 e. The van der Waals surface area contributed by atoms with E-state index in [1.54, 1.807) is 14.2 Å². The highest BCUT2D eigenvalue weighted by Crippen LogP contribution is 2.35. The van der Waals surface area contributed by atoms with E-state index >= 15 is 0 Å². The summed E-state index contributed by atoms with van der Waals surface area (Å²) in [5.74, 6) is 2.01. The lowest BCUT2D eigenvalue weighted by atomic mass is 9.99. The van der Waals surface area contributed by atoms with Crippen LogP contribution in [0, 0.1) is 0 Å². The molecule has 2 aromatic carbocycles. The molecule has 2 heterocycles. The van der Waals surface area contributed by atoms with Crippen LogP contribution in [-0.4, -0.2) is 36.7 Å². The Bertz CT molecular complexity index is 963. The lowest BCUT2D eigenvalue weighted by molar-refractivity contribution is 0.0719. The zero-order valence-electron chi connectivity index (χ0n) is 15.3. The maximum absolute atomic E-state index is 13.2. The van der Waals surface area contributed by atoms with Crippen LogP contribution in [0.25, 0.3) is 11.3 Å². The Labute approximate surface area is 157 Å². The number of para-hydroxylation sites is 1. The summed E-state index contributed by atoms with van der Waals surface area (Å²) in [6.07, 6.45) is 0.638. The van der Waals surface area contributed by atoms with Gasteiger partial charge < -0.3 is 18.9 Å². The normalized spacial score (nSPS) is 13.4. The van der Waals surface area contributed by atoms with Gasteiger partial charge >= 0.3 is 0 Å². The molecule has 6 nitrogen and oxygen atoms in total. The van der Waals surface area contributed by atoms with Gasteiger partial charge in [0, 0.05) is 25.1 Å². The van der Waals surface area contributed by atoms with Gasteiger partial charge in [-0.1, -0.05) is 29.4 Å². The van der Waals surface area contributed by atoms with Crippen molar-refractivity contribution < 1.29 is 18.8 Å². The van der Waals surface area contributed by atoms with Gasteiger partial charge in [-0.3, -0.25) is 4.79 Å². The second-order valence-corrected chi connectivity index (χ2v) is 6.35. The molecule has 0 saturated carbocycles. The molecule has 1 amide bonds. The van der Waals surface area contributed by atoms with Crippen LogP contribution in [0.4, 0.5) is 0 Å². The van der Waals surface area contributed by atoms with Crippen molar-refractivity contribution in [1.29, 1.82) is 0 Å². The van der Waals surface area contributed by atoms with E-state index in [-0.39, 0.29) is 5.91 Å². The van der Waals surface area contributed by atoms with Crippen molar-refractivity contribution >= 4 is 5.91 Å². The molecule has 138 valence electrons. The molecule has 0 N–H and O–H groups in total. The van der Waals surface area contributed by atoms with Crippen molar-refractivity contribution in [3.05, 3.63) is 65.4 Å². The van der Waals surface area contributed by atoms with Crippen molar-refractivity contribution in [2.45, 2.75) is 13.0 Å². The molecule has 1 aliphatic rings. The summed E-state index contributed by atoms with van der Waals surface area (Å²) in [6, 6.07) is 15.2. The lowest BCUT2D eigenvalue weighted by Gasteiger charge is -2.26. The van der Waals surface area contributed by atoms with Crippen molar-refractivity contribution in [3.63, 3.8) is 0 Å². The summed E-state index contributed by atoms with van der Waals surface area (Å²) >= 11 is 0. The van der Waals surface area contributed by atoms with Gasteiger partial charge in [0.25, 0.3) is 5.91 Å². The van der Waals surface area contributed by atoms with E-state index in [9.17, 15) is 4.79 Å². The molecule has 0 saturated heterocycles. The summed E-state index contributed by atoms with van der Waals surface area (Å²) in [7, 11) is 3.24. The van der Waals surface area contributed by atoms with Crippen LogP contribution in [0.3, 0.4) is 0 Å². The largest absolute Gasteiger partial charge is 0.497 e. The molecule has 3 aromatic rings. The van der Waals surface area contributed by atoms with E-state index in [2.05, 4.69) is 5.16 Å². The zero-order chi connectivity index (χ0) is 18.8. The van der Waals surface area contributed by atoms with E-state index < -0.39 is 0 Å². The fourth-order valence-electron chi connectivity index (χ4n) is 3.34. The predicted molar refractivity (Wildman–Crippen MR) is 99.9 cm³/mol. The Kier molecular flexibility index (Phi) is 4.54. The molecule has 0 bridgehead atoms. The van der Waals surface area contributed by atoms with Gasteiger partial charge in [-0.15, -0.1) is 0 Å². The number of nitrogens with zero attached hydrogens (tertiary/aromatic N) is 2. The number of ether oxygens (including phenoxy) is 2. The first-order valence-corrected chi connectivity index (χ1v) is 8.75. The van der Waals surface area contributed by atoms with E-state index in [4.69, 9.17) is 14.0 Å². The zero-order valence-corrected chi connectivity index (χ0v) is 15.3. The molecule has 1 aliphatic heterocycles. The maximum atomic E-state index is 13.2. The highest BCUT2D eigenvalue weighted by atomic mass is 16.5. The van der Waals surface area contributed by atoms with Gasteiger partial charge in [0.05, 0.1) is 14.2 Å². The number of carbonyl (C=O) groups excluding carboxylic acids is 1. The number of aromatic nitrogens is 1. The molecule has 1 aromatic heterocycles. The van der Waals surface area contributed by atoms with Crippen molar-refractivity contribution in [1.82, 2.24) is 10.1 Å². The molecule has 0 spiro atoms. The van der Waals surface area contributed by atoms with Crippen LogP contribution in [0.5, 0.6) is 11.5 Å². The van der Waals surface area contributed by atoms with Crippen LogP contribution in [0.2, 0.25) is 0 Å². The number of amides is 1. The number of benzene rings is 2. The number of carbonyl (C=O) groups is 1. The molecule has 0 atom stereocenters. The minimum Gasteiger partial charge on any atom is -0.497 e. The minimum atomic E-state index is -0.0748. The summed E-state index contributed by atoms with van der Waals surface area (Å²) in [4.78, 5) is 15.0. The third kappa shape index (κ3) is 3.14. The average molecular weight is 364 g/mol. The van der Waals surface area contributed by atoms with Gasteiger partial charge in [-0.2, -0.15) is 0 Å². The highest BCUT2D eigenvalue weighted by molar-refractivity contribution is 6.02. The van der Waals surface area contributed by atoms with Crippen molar-refractivity contribution in [2.75, 3.05) is 20.8 Å². The number of fused-ring (bicyclic) bond motifs is 1. The van der Waals surface area contributed by atoms with Crippen LogP contribution in [-0.2, 0) is 13.0 Å². The molecule has 0 aliphatic carbocycles. The van der Waals surface area contributed by atoms with Gasteiger partial charge in [-0.05, 0) is 29.8 Å². The molecule has 27 heavy (non-hydrogen) atoms. The quantitative estimate of drug-likeness (QED) is 0.693. The Morgan fingerprint density at radius 1 is 1.07 bits per heavy atom. The number of hydrogen-bond donors (Lipinski definition) is 0. The lowest BCUT2D eigenvalue weighted by Crippen LogP contribution is -2.36. The van der Waals surface area contributed by atoms with Crippen LogP contribution in [0.15, 0.2) is 53.1 Å². The Morgan fingerprint density at radius 3 is 2.59 bits per heavy atom. The number of methoxy groups -OCH3 is 2. The summed E-state index contributed by atoms with van der Waals surface area (Å²) in [6.45, 7) is 1.12. The fraction of sp³-hybridized carbons (Fsp3) is 0.238. The second kappa shape index (κ2) is 7.15. The molecular formula is C21H20N2O4. The summed E-state index contributed by atoms with van der Waals surface area (Å²) in [5.41, 5.74) is 2.86. The highest BCUT2D eigenvalue weighted by Gasteiger charge is 2.33. The molecule has 6 heteroatoms. The monoisotopic (exact) mass is 364 g/mol. The summed E-state index contributed by atoms with van der Waals surface area (Å²) in [5, 5.41) is 4.17. The predicted octanol–water partition coefficient (Wildman–Crippen LogP) is 3.56. The van der Waals surface area contributed by atoms with Crippen molar-refractivity contribution in [2.24, 2.45) is 0 Å². The fourth-order valence-corrected chi connectivity index (χ4v) is 3.34. The standard InChI is InChI=1S/C21H20N2O4/c1-25-15-9-7-14(8-10-15)13-23-12-11-18-19(21(23)24)20(22-27-18)16-5-3-4-6-17(16)26-2/h3-10H,11-13H2,1-2H3. The van der Waals surface area contributed by atoms with Gasteiger partial charge in [-0.25, -0.2) is 0 Å². The van der Waals surface area contributed by atoms with Crippen molar-refractivity contribution in [3.8, 4) is 22.8 Å². The second-order valence-electron chi connectivity index (χ2n) is 6.35. The average Bonchev–Trinajstić information content (AvgIpc) is 3.15. The first-order valence-electron chi connectivity index (χ1n) is 8.75. The SMILES string of the molecule is COc1ccc(CN2CCc3onc(-c4ccccc4OC)c3C2=O)cc1.